The Morgan fingerprint density at radius 1 is 1.55 bits per heavy atom. The van der Waals surface area contributed by atoms with Crippen LogP contribution in [-0.2, 0) is 9.53 Å². The van der Waals surface area contributed by atoms with Crippen LogP contribution in [0.4, 0.5) is 5.00 Å². The molecule has 1 amide bonds. The predicted octanol–water partition coefficient (Wildman–Crippen LogP) is 2.06. The van der Waals surface area contributed by atoms with Crippen molar-refractivity contribution in [2.75, 3.05) is 25.0 Å². The molecule has 1 aliphatic heterocycles. The second-order valence-electron chi connectivity index (χ2n) is 5.09. The Kier molecular flexibility index (Phi) is 5.12. The van der Waals surface area contributed by atoms with Gasteiger partial charge in [-0.05, 0) is 25.3 Å². The molecule has 6 heteroatoms. The van der Waals surface area contributed by atoms with Crippen molar-refractivity contribution < 1.29 is 9.53 Å². The third-order valence-electron chi connectivity index (χ3n) is 3.19. The summed E-state index contributed by atoms with van der Waals surface area (Å²) in [5, 5.41) is 14.1. The molecule has 1 saturated heterocycles. The Morgan fingerprint density at radius 3 is 2.90 bits per heavy atom. The second kappa shape index (κ2) is 6.84. The second-order valence-corrected chi connectivity index (χ2v) is 6.01. The summed E-state index contributed by atoms with van der Waals surface area (Å²) in [4.78, 5) is 14.2. The van der Waals surface area contributed by atoms with Gasteiger partial charge in [0.2, 0.25) is 5.91 Å². The van der Waals surface area contributed by atoms with Crippen molar-refractivity contribution in [2.24, 2.45) is 0 Å². The zero-order valence-electron chi connectivity index (χ0n) is 11.8. The minimum atomic E-state index is -0.0456. The van der Waals surface area contributed by atoms with Crippen LogP contribution in [0.15, 0.2) is 11.4 Å². The average Bonchev–Trinajstić information content (AvgIpc) is 2.82. The smallest absolute Gasteiger partial charge is 0.226 e. The van der Waals surface area contributed by atoms with Crippen LogP contribution in [0.5, 0.6) is 0 Å². The lowest BCUT2D eigenvalue weighted by atomic mass is 10.2. The van der Waals surface area contributed by atoms with E-state index in [4.69, 9.17) is 10.00 Å². The van der Waals surface area contributed by atoms with Crippen LogP contribution in [0, 0.1) is 11.3 Å². The molecule has 1 aromatic rings. The molecule has 1 fully saturated rings. The van der Waals surface area contributed by atoms with E-state index in [1.54, 1.807) is 11.4 Å². The largest absolute Gasteiger partial charge is 0.373 e. The number of rotatable bonds is 4. The van der Waals surface area contributed by atoms with Crippen LogP contribution >= 0.6 is 11.3 Å². The summed E-state index contributed by atoms with van der Waals surface area (Å²) < 4.78 is 5.66. The fourth-order valence-electron chi connectivity index (χ4n) is 2.41. The molecule has 1 aliphatic rings. The highest BCUT2D eigenvalue weighted by atomic mass is 32.1. The van der Waals surface area contributed by atoms with Crippen molar-refractivity contribution in [2.45, 2.75) is 32.5 Å². The van der Waals surface area contributed by atoms with Crippen molar-refractivity contribution in [1.82, 2.24) is 4.90 Å². The number of hydrogen-bond donors (Lipinski definition) is 1. The molecule has 0 spiro atoms. The number of thiophene rings is 1. The van der Waals surface area contributed by atoms with Gasteiger partial charge in [0.05, 0.1) is 17.8 Å². The van der Waals surface area contributed by atoms with Gasteiger partial charge in [-0.1, -0.05) is 0 Å². The zero-order valence-corrected chi connectivity index (χ0v) is 12.6. The number of carbonyl (C=O) groups is 1. The summed E-state index contributed by atoms with van der Waals surface area (Å²) in [6.07, 6.45) is 0.857. The third-order valence-corrected chi connectivity index (χ3v) is 4.02. The van der Waals surface area contributed by atoms with Gasteiger partial charge in [0, 0.05) is 26.1 Å². The first-order chi connectivity index (χ1) is 9.58. The molecule has 2 unspecified atom stereocenters. The maximum Gasteiger partial charge on any atom is 0.226 e. The molecule has 0 bridgehead atoms. The SMILES string of the molecule is CC1CN(CCC(=O)Nc2sccc2C#N)CC(C)O1. The lowest BCUT2D eigenvalue weighted by Gasteiger charge is -2.35. The first kappa shape index (κ1) is 15.0. The van der Waals surface area contributed by atoms with Crippen molar-refractivity contribution >= 4 is 22.2 Å². The molecular weight excluding hydrogens is 274 g/mol. The average molecular weight is 293 g/mol. The fraction of sp³-hybridized carbons (Fsp3) is 0.571. The van der Waals surface area contributed by atoms with Gasteiger partial charge < -0.3 is 10.1 Å². The van der Waals surface area contributed by atoms with Crippen LogP contribution in [0.1, 0.15) is 25.8 Å². The lowest BCUT2D eigenvalue weighted by Crippen LogP contribution is -2.46. The van der Waals surface area contributed by atoms with Crippen LogP contribution in [0.3, 0.4) is 0 Å². The summed E-state index contributed by atoms with van der Waals surface area (Å²) in [5.74, 6) is -0.0456. The first-order valence-electron chi connectivity index (χ1n) is 6.73. The molecule has 108 valence electrons. The van der Waals surface area contributed by atoms with Gasteiger partial charge in [0.15, 0.2) is 0 Å². The highest BCUT2D eigenvalue weighted by Crippen LogP contribution is 2.22. The molecule has 0 aliphatic carbocycles. The topological polar surface area (TPSA) is 65.4 Å². The van der Waals surface area contributed by atoms with Gasteiger partial charge in [0.25, 0.3) is 0 Å². The highest BCUT2D eigenvalue weighted by molar-refractivity contribution is 7.14. The summed E-state index contributed by atoms with van der Waals surface area (Å²) in [6.45, 7) is 6.54. The van der Waals surface area contributed by atoms with E-state index in [1.165, 1.54) is 11.3 Å². The molecule has 0 aromatic carbocycles. The molecule has 0 saturated carbocycles. The van der Waals surface area contributed by atoms with Crippen LogP contribution < -0.4 is 5.32 Å². The Labute approximate surface area is 123 Å². The number of nitrogens with one attached hydrogen (secondary N) is 1. The monoisotopic (exact) mass is 293 g/mol. The molecule has 20 heavy (non-hydrogen) atoms. The Balaban J connectivity index is 1.79. The molecular formula is C14H19N3O2S. The number of ether oxygens (including phenoxy) is 1. The van der Waals surface area contributed by atoms with Crippen LogP contribution in [-0.4, -0.2) is 42.6 Å². The number of carbonyl (C=O) groups excluding carboxylic acids is 1. The van der Waals surface area contributed by atoms with Gasteiger partial charge >= 0.3 is 0 Å². The van der Waals surface area contributed by atoms with Crippen LogP contribution in [0.25, 0.3) is 0 Å². The van der Waals surface area contributed by atoms with E-state index < -0.39 is 0 Å². The van der Waals surface area contributed by atoms with Crippen molar-refractivity contribution in [3.05, 3.63) is 17.0 Å². The summed E-state index contributed by atoms with van der Waals surface area (Å²) >= 11 is 1.38. The van der Waals surface area contributed by atoms with E-state index in [0.29, 0.717) is 17.0 Å². The van der Waals surface area contributed by atoms with Crippen molar-refractivity contribution in [3.8, 4) is 6.07 Å². The van der Waals surface area contributed by atoms with Gasteiger partial charge in [-0.2, -0.15) is 5.26 Å². The van der Waals surface area contributed by atoms with Gasteiger partial charge in [-0.15, -0.1) is 11.3 Å². The number of morpholine rings is 1. The summed E-state index contributed by atoms with van der Waals surface area (Å²) in [7, 11) is 0. The minimum Gasteiger partial charge on any atom is -0.373 e. The summed E-state index contributed by atoms with van der Waals surface area (Å²) in [5.41, 5.74) is 0.525. The van der Waals surface area contributed by atoms with E-state index in [9.17, 15) is 4.79 Å². The molecule has 2 atom stereocenters. The molecule has 5 nitrogen and oxygen atoms in total. The first-order valence-corrected chi connectivity index (χ1v) is 7.61. The van der Waals surface area contributed by atoms with E-state index in [1.807, 2.05) is 13.8 Å². The maximum atomic E-state index is 11.9. The molecule has 1 N–H and O–H groups in total. The molecule has 1 aromatic heterocycles. The van der Waals surface area contributed by atoms with Gasteiger partial charge in [-0.3, -0.25) is 9.69 Å². The highest BCUT2D eigenvalue weighted by Gasteiger charge is 2.22. The third kappa shape index (κ3) is 4.04. The fourth-order valence-corrected chi connectivity index (χ4v) is 3.16. The lowest BCUT2D eigenvalue weighted by molar-refractivity contribution is -0.117. The number of nitrogens with zero attached hydrogens (tertiary/aromatic N) is 2. The number of nitriles is 1. The van der Waals surface area contributed by atoms with Gasteiger partial charge in [0.1, 0.15) is 11.1 Å². The quantitative estimate of drug-likeness (QED) is 0.923. The number of hydrogen-bond acceptors (Lipinski definition) is 5. The molecule has 2 rings (SSSR count). The number of amides is 1. The normalized spacial score (nSPS) is 23.2. The van der Waals surface area contributed by atoms with E-state index in [0.717, 1.165) is 19.6 Å². The van der Waals surface area contributed by atoms with E-state index in [-0.39, 0.29) is 18.1 Å². The standard InChI is InChI=1S/C14H19N3O2S/c1-10-8-17(9-11(2)19-10)5-3-13(18)16-14-12(7-15)4-6-20-14/h4,6,10-11H,3,5,8-9H2,1-2H3,(H,16,18). The van der Waals surface area contributed by atoms with Crippen LogP contribution in [0.2, 0.25) is 0 Å². The van der Waals surface area contributed by atoms with Crippen molar-refractivity contribution in [1.29, 1.82) is 5.26 Å². The molecule has 0 radical (unpaired) electrons. The van der Waals surface area contributed by atoms with Crippen molar-refractivity contribution in [3.63, 3.8) is 0 Å². The van der Waals surface area contributed by atoms with E-state index in [2.05, 4.69) is 16.3 Å². The Morgan fingerprint density at radius 2 is 2.25 bits per heavy atom. The Bertz CT molecular complexity index is 499. The summed E-state index contributed by atoms with van der Waals surface area (Å²) in [6, 6.07) is 3.78. The Hall–Kier alpha value is -1.42. The minimum absolute atomic E-state index is 0.0456. The maximum absolute atomic E-state index is 11.9. The zero-order chi connectivity index (χ0) is 14.5. The molecule has 2 heterocycles. The number of anilines is 1. The predicted molar refractivity (Wildman–Crippen MR) is 78.7 cm³/mol. The van der Waals surface area contributed by atoms with Gasteiger partial charge in [-0.25, -0.2) is 0 Å². The van der Waals surface area contributed by atoms with E-state index >= 15 is 0 Å².